The molecular weight excluding hydrogens is 274 g/mol. The molecule has 1 aliphatic rings. The Labute approximate surface area is 122 Å². The minimum Gasteiger partial charge on any atom is -0.493 e. The molecule has 6 nitrogen and oxygen atoms in total. The van der Waals surface area contributed by atoms with Crippen LogP contribution in [0.25, 0.3) is 0 Å². The van der Waals surface area contributed by atoms with Crippen LogP contribution in [0.1, 0.15) is 11.5 Å². The van der Waals surface area contributed by atoms with Crippen LogP contribution in [0.3, 0.4) is 0 Å². The maximum Gasteiger partial charge on any atom is 0.320 e. The van der Waals surface area contributed by atoms with Crippen molar-refractivity contribution in [1.29, 1.82) is 5.26 Å². The van der Waals surface area contributed by atoms with Crippen LogP contribution in [0.15, 0.2) is 24.3 Å². The molecule has 0 amide bonds. The van der Waals surface area contributed by atoms with Gasteiger partial charge in [-0.15, -0.1) is 0 Å². The molecule has 1 aromatic rings. The Morgan fingerprint density at radius 2 is 1.90 bits per heavy atom. The summed E-state index contributed by atoms with van der Waals surface area (Å²) in [4.78, 5) is 23.8. The standard InChI is InChI=1S/C15H15NO5/c1-19-14(17)13(15(18)20-2)11-8-21-12-6-4-3-5-9(12)10(11)7-16/h3-6,10-11,13H,8H2,1-2H3/t10-,11-/m1/s1. The first-order valence-electron chi connectivity index (χ1n) is 6.41. The minimum atomic E-state index is -1.18. The Hall–Kier alpha value is -2.55. The summed E-state index contributed by atoms with van der Waals surface area (Å²) in [6, 6.07) is 9.23. The number of fused-ring (bicyclic) bond motifs is 1. The molecule has 0 spiro atoms. The van der Waals surface area contributed by atoms with E-state index in [1.54, 1.807) is 24.3 Å². The van der Waals surface area contributed by atoms with Crippen LogP contribution >= 0.6 is 0 Å². The van der Waals surface area contributed by atoms with Crippen molar-refractivity contribution in [3.63, 3.8) is 0 Å². The normalized spacial score (nSPS) is 19.9. The Bertz CT molecular complexity index is 576. The number of methoxy groups -OCH3 is 2. The third kappa shape index (κ3) is 2.68. The van der Waals surface area contributed by atoms with E-state index in [4.69, 9.17) is 4.74 Å². The number of rotatable bonds is 3. The number of esters is 2. The van der Waals surface area contributed by atoms with Gasteiger partial charge in [-0.1, -0.05) is 18.2 Å². The number of hydrogen-bond donors (Lipinski definition) is 0. The Kier molecular flexibility index (Phi) is 4.43. The highest BCUT2D eigenvalue weighted by Crippen LogP contribution is 2.40. The van der Waals surface area contributed by atoms with Gasteiger partial charge in [0.05, 0.1) is 32.8 Å². The summed E-state index contributed by atoms with van der Waals surface area (Å²) in [5.41, 5.74) is 0.661. The van der Waals surface area contributed by atoms with Crippen LogP contribution in [-0.2, 0) is 19.1 Å². The molecule has 1 heterocycles. The first kappa shape index (κ1) is 14.9. The number of nitrogens with zero attached hydrogens (tertiary/aromatic N) is 1. The first-order valence-corrected chi connectivity index (χ1v) is 6.41. The van der Waals surface area contributed by atoms with E-state index in [0.717, 1.165) is 0 Å². The highest BCUT2D eigenvalue weighted by atomic mass is 16.5. The average molecular weight is 289 g/mol. The molecule has 21 heavy (non-hydrogen) atoms. The number of para-hydroxylation sites is 1. The lowest BCUT2D eigenvalue weighted by Crippen LogP contribution is -2.41. The van der Waals surface area contributed by atoms with E-state index >= 15 is 0 Å². The van der Waals surface area contributed by atoms with Crippen molar-refractivity contribution in [2.24, 2.45) is 11.8 Å². The zero-order chi connectivity index (χ0) is 15.4. The van der Waals surface area contributed by atoms with Gasteiger partial charge in [0.25, 0.3) is 0 Å². The maximum absolute atomic E-state index is 11.9. The summed E-state index contributed by atoms with van der Waals surface area (Å²) in [6.07, 6.45) is 0. The van der Waals surface area contributed by atoms with Gasteiger partial charge in [0.1, 0.15) is 5.75 Å². The molecule has 1 aliphatic heterocycles. The minimum absolute atomic E-state index is 0.0735. The molecule has 0 unspecified atom stereocenters. The summed E-state index contributed by atoms with van der Waals surface area (Å²) in [7, 11) is 2.38. The number of ether oxygens (including phenoxy) is 3. The fraction of sp³-hybridized carbons (Fsp3) is 0.400. The summed E-state index contributed by atoms with van der Waals surface area (Å²) >= 11 is 0. The third-order valence-corrected chi connectivity index (χ3v) is 3.59. The largest absolute Gasteiger partial charge is 0.493 e. The molecule has 0 N–H and O–H groups in total. The second kappa shape index (κ2) is 6.27. The summed E-state index contributed by atoms with van der Waals surface area (Å²) in [5.74, 6) is -3.33. The van der Waals surface area contributed by atoms with Crippen LogP contribution in [0.2, 0.25) is 0 Å². The van der Waals surface area contributed by atoms with Crippen molar-refractivity contribution in [2.45, 2.75) is 5.92 Å². The molecule has 0 saturated heterocycles. The Morgan fingerprint density at radius 1 is 1.29 bits per heavy atom. The number of hydrogen-bond acceptors (Lipinski definition) is 6. The molecule has 2 rings (SSSR count). The predicted octanol–water partition coefficient (Wildman–Crippen LogP) is 1.26. The predicted molar refractivity (Wildman–Crippen MR) is 71.3 cm³/mol. The summed E-state index contributed by atoms with van der Waals surface area (Å²) in [5, 5.41) is 9.46. The monoisotopic (exact) mass is 289 g/mol. The van der Waals surface area contributed by atoms with Crippen molar-refractivity contribution in [3.8, 4) is 11.8 Å². The Balaban J connectivity index is 2.41. The van der Waals surface area contributed by atoms with E-state index in [2.05, 4.69) is 15.5 Å². The molecule has 2 atom stereocenters. The van der Waals surface area contributed by atoms with Crippen LogP contribution in [0.5, 0.6) is 5.75 Å². The van der Waals surface area contributed by atoms with Crippen molar-refractivity contribution < 1.29 is 23.8 Å². The molecule has 0 saturated carbocycles. The second-order valence-corrected chi connectivity index (χ2v) is 4.64. The number of carbonyl (C=O) groups excluding carboxylic acids is 2. The van der Waals surface area contributed by atoms with Crippen LogP contribution in [0, 0.1) is 23.2 Å². The second-order valence-electron chi connectivity index (χ2n) is 4.64. The highest BCUT2D eigenvalue weighted by molar-refractivity contribution is 5.95. The van der Waals surface area contributed by atoms with Crippen LogP contribution in [-0.4, -0.2) is 32.8 Å². The van der Waals surface area contributed by atoms with Gasteiger partial charge in [-0.3, -0.25) is 9.59 Å². The highest BCUT2D eigenvalue weighted by Gasteiger charge is 2.45. The average Bonchev–Trinajstić information content (AvgIpc) is 2.54. The van der Waals surface area contributed by atoms with Gasteiger partial charge in [-0.2, -0.15) is 5.26 Å². The quantitative estimate of drug-likeness (QED) is 0.615. The summed E-state index contributed by atoms with van der Waals surface area (Å²) < 4.78 is 14.9. The molecule has 0 radical (unpaired) electrons. The van der Waals surface area contributed by atoms with Crippen molar-refractivity contribution >= 4 is 11.9 Å². The van der Waals surface area contributed by atoms with Gasteiger partial charge in [-0.05, 0) is 6.07 Å². The van der Waals surface area contributed by atoms with E-state index in [-0.39, 0.29) is 6.61 Å². The van der Waals surface area contributed by atoms with Gasteiger partial charge >= 0.3 is 11.9 Å². The first-order chi connectivity index (χ1) is 10.1. The third-order valence-electron chi connectivity index (χ3n) is 3.59. The molecule has 0 bridgehead atoms. The van der Waals surface area contributed by atoms with E-state index in [0.29, 0.717) is 11.3 Å². The smallest absolute Gasteiger partial charge is 0.320 e. The molecule has 0 fully saturated rings. The number of benzene rings is 1. The topological polar surface area (TPSA) is 85.6 Å². The van der Waals surface area contributed by atoms with Crippen LogP contribution < -0.4 is 4.74 Å². The zero-order valence-electron chi connectivity index (χ0n) is 11.7. The van der Waals surface area contributed by atoms with Gasteiger partial charge in [0.15, 0.2) is 5.92 Å². The van der Waals surface area contributed by atoms with E-state index in [9.17, 15) is 14.9 Å². The van der Waals surface area contributed by atoms with Crippen molar-refractivity contribution in [2.75, 3.05) is 20.8 Å². The maximum atomic E-state index is 11.9. The van der Waals surface area contributed by atoms with Crippen molar-refractivity contribution in [3.05, 3.63) is 29.8 Å². The fourth-order valence-corrected chi connectivity index (χ4v) is 2.54. The van der Waals surface area contributed by atoms with Gasteiger partial charge in [-0.25, -0.2) is 0 Å². The zero-order valence-corrected chi connectivity index (χ0v) is 11.7. The van der Waals surface area contributed by atoms with Gasteiger partial charge in [0.2, 0.25) is 0 Å². The van der Waals surface area contributed by atoms with Crippen LogP contribution in [0.4, 0.5) is 0 Å². The van der Waals surface area contributed by atoms with E-state index in [1.165, 1.54) is 14.2 Å². The molecule has 0 aromatic heterocycles. The number of nitriles is 1. The van der Waals surface area contributed by atoms with Gasteiger partial charge in [0, 0.05) is 11.5 Å². The fourth-order valence-electron chi connectivity index (χ4n) is 2.54. The molecule has 110 valence electrons. The lowest BCUT2D eigenvalue weighted by molar-refractivity contribution is -0.162. The Morgan fingerprint density at radius 3 is 2.48 bits per heavy atom. The van der Waals surface area contributed by atoms with Crippen molar-refractivity contribution in [1.82, 2.24) is 0 Å². The molecule has 0 aliphatic carbocycles. The molecule has 1 aromatic carbocycles. The van der Waals surface area contributed by atoms with E-state index < -0.39 is 29.7 Å². The molecule has 6 heteroatoms. The summed E-state index contributed by atoms with van der Waals surface area (Å²) in [6.45, 7) is 0.0735. The lowest BCUT2D eigenvalue weighted by Gasteiger charge is -2.32. The van der Waals surface area contributed by atoms with E-state index in [1.807, 2.05) is 0 Å². The lowest BCUT2D eigenvalue weighted by atomic mass is 9.77. The van der Waals surface area contributed by atoms with Gasteiger partial charge < -0.3 is 14.2 Å². The SMILES string of the molecule is COC(=O)C(C(=O)OC)[C@@H]1COc2ccccc2[C@H]1C#N. The number of carbonyl (C=O) groups is 2. The molecular formula is C15H15NO5.